The van der Waals surface area contributed by atoms with Gasteiger partial charge in [-0.25, -0.2) is 0 Å². The molecule has 0 aliphatic heterocycles. The predicted molar refractivity (Wildman–Crippen MR) is 77.4 cm³/mol. The molecule has 1 heterocycles. The number of anilines is 1. The number of nitrogens with one attached hydrogen (secondary N) is 1. The number of pyridine rings is 1. The number of hydrogen-bond donors (Lipinski definition) is 2. The fraction of sp³-hybridized carbons (Fsp3) is 0.200. The summed E-state index contributed by atoms with van der Waals surface area (Å²) in [6.07, 6.45) is 3.32. The molecule has 0 atom stereocenters. The second kappa shape index (κ2) is 6.68. The Balaban J connectivity index is 1.92. The van der Waals surface area contributed by atoms with Gasteiger partial charge in [0.15, 0.2) is 6.61 Å². The average molecular weight is 271 g/mol. The summed E-state index contributed by atoms with van der Waals surface area (Å²) in [6.45, 7) is 2.22. The van der Waals surface area contributed by atoms with Crippen LogP contribution >= 0.6 is 0 Å². The normalized spacial score (nSPS) is 10.1. The lowest BCUT2D eigenvalue weighted by atomic mass is 10.2. The number of nitrogens with two attached hydrogens (primary N) is 1. The Kier molecular flexibility index (Phi) is 4.68. The first-order valence-electron chi connectivity index (χ1n) is 6.31. The molecule has 2 rings (SSSR count). The van der Waals surface area contributed by atoms with E-state index in [0.717, 1.165) is 11.1 Å². The molecule has 0 radical (unpaired) electrons. The van der Waals surface area contributed by atoms with Crippen LogP contribution in [-0.2, 0) is 11.3 Å². The highest BCUT2D eigenvalue weighted by Gasteiger charge is 2.06. The molecule has 5 heteroatoms. The van der Waals surface area contributed by atoms with E-state index in [1.807, 2.05) is 31.2 Å². The molecule has 3 N–H and O–H groups in total. The topological polar surface area (TPSA) is 77.2 Å². The van der Waals surface area contributed by atoms with Crippen LogP contribution in [0.25, 0.3) is 0 Å². The van der Waals surface area contributed by atoms with E-state index in [0.29, 0.717) is 18.0 Å². The molecule has 0 unspecified atom stereocenters. The largest absolute Gasteiger partial charge is 0.483 e. The number of aryl methyl sites for hydroxylation is 1. The summed E-state index contributed by atoms with van der Waals surface area (Å²) < 4.78 is 5.48. The highest BCUT2D eigenvalue weighted by atomic mass is 16.5. The van der Waals surface area contributed by atoms with Gasteiger partial charge in [-0.1, -0.05) is 18.2 Å². The zero-order chi connectivity index (χ0) is 14.4. The third kappa shape index (κ3) is 3.80. The molecule has 2 aromatic rings. The molecule has 0 fully saturated rings. The van der Waals surface area contributed by atoms with E-state index in [2.05, 4.69) is 10.3 Å². The van der Waals surface area contributed by atoms with E-state index in [1.165, 1.54) is 0 Å². The van der Waals surface area contributed by atoms with Crippen molar-refractivity contribution in [2.75, 3.05) is 11.9 Å². The van der Waals surface area contributed by atoms with Gasteiger partial charge in [0.05, 0.1) is 11.9 Å². The Morgan fingerprint density at radius 2 is 2.15 bits per heavy atom. The minimum atomic E-state index is -0.232. The highest BCUT2D eigenvalue weighted by Crippen LogP contribution is 2.17. The molecule has 0 aliphatic carbocycles. The summed E-state index contributed by atoms with van der Waals surface area (Å²) in [5.74, 6) is 0.400. The van der Waals surface area contributed by atoms with Crippen molar-refractivity contribution in [3.8, 4) is 5.75 Å². The molecule has 0 bridgehead atoms. The van der Waals surface area contributed by atoms with Crippen molar-refractivity contribution in [3.05, 3.63) is 53.9 Å². The third-order valence-corrected chi connectivity index (χ3v) is 2.71. The fourth-order valence-corrected chi connectivity index (χ4v) is 1.78. The number of rotatable bonds is 5. The molecular weight excluding hydrogens is 254 g/mol. The maximum Gasteiger partial charge on any atom is 0.262 e. The smallest absolute Gasteiger partial charge is 0.262 e. The summed E-state index contributed by atoms with van der Waals surface area (Å²) in [5.41, 5.74) is 8.12. The zero-order valence-corrected chi connectivity index (χ0v) is 11.3. The first-order chi connectivity index (χ1) is 9.69. The van der Waals surface area contributed by atoms with Crippen LogP contribution in [-0.4, -0.2) is 17.5 Å². The SMILES string of the molecule is Cc1cncc(NC(=O)COc2ccccc2CN)c1. The van der Waals surface area contributed by atoms with E-state index in [-0.39, 0.29) is 12.5 Å². The Labute approximate surface area is 117 Å². The Morgan fingerprint density at radius 3 is 2.90 bits per heavy atom. The lowest BCUT2D eigenvalue weighted by Gasteiger charge is -2.10. The minimum absolute atomic E-state index is 0.0645. The summed E-state index contributed by atoms with van der Waals surface area (Å²) in [5, 5.41) is 2.73. The van der Waals surface area contributed by atoms with Crippen LogP contribution < -0.4 is 15.8 Å². The number of ether oxygens (including phenoxy) is 1. The summed E-state index contributed by atoms with van der Waals surface area (Å²) in [4.78, 5) is 15.8. The monoisotopic (exact) mass is 271 g/mol. The lowest BCUT2D eigenvalue weighted by Crippen LogP contribution is -2.20. The van der Waals surface area contributed by atoms with Gasteiger partial charge in [-0.15, -0.1) is 0 Å². The molecule has 1 amide bonds. The fourth-order valence-electron chi connectivity index (χ4n) is 1.78. The number of carbonyl (C=O) groups excluding carboxylic acids is 1. The molecule has 20 heavy (non-hydrogen) atoms. The molecule has 0 saturated heterocycles. The number of nitrogens with zero attached hydrogens (tertiary/aromatic N) is 1. The molecule has 1 aromatic heterocycles. The molecule has 5 nitrogen and oxygen atoms in total. The Bertz CT molecular complexity index is 599. The van der Waals surface area contributed by atoms with E-state index < -0.39 is 0 Å². The van der Waals surface area contributed by atoms with Gasteiger partial charge in [-0.2, -0.15) is 0 Å². The summed E-state index contributed by atoms with van der Waals surface area (Å²) in [7, 11) is 0. The van der Waals surface area contributed by atoms with Gasteiger partial charge in [0, 0.05) is 18.3 Å². The Morgan fingerprint density at radius 1 is 1.35 bits per heavy atom. The van der Waals surface area contributed by atoms with Gasteiger partial charge >= 0.3 is 0 Å². The van der Waals surface area contributed by atoms with Crippen LogP contribution in [0.2, 0.25) is 0 Å². The average Bonchev–Trinajstić information content (AvgIpc) is 2.45. The number of amides is 1. The van der Waals surface area contributed by atoms with E-state index >= 15 is 0 Å². The molecule has 0 saturated carbocycles. The quantitative estimate of drug-likeness (QED) is 0.870. The van der Waals surface area contributed by atoms with E-state index in [9.17, 15) is 4.79 Å². The third-order valence-electron chi connectivity index (χ3n) is 2.71. The first kappa shape index (κ1) is 14.0. The van der Waals surface area contributed by atoms with Gasteiger partial charge in [-0.05, 0) is 24.6 Å². The molecule has 1 aromatic carbocycles. The number of para-hydroxylation sites is 1. The highest BCUT2D eigenvalue weighted by molar-refractivity contribution is 5.91. The summed E-state index contributed by atoms with van der Waals surface area (Å²) in [6, 6.07) is 9.24. The van der Waals surface area contributed by atoms with Crippen molar-refractivity contribution in [2.45, 2.75) is 13.5 Å². The summed E-state index contributed by atoms with van der Waals surface area (Å²) >= 11 is 0. The predicted octanol–water partition coefficient (Wildman–Crippen LogP) is 1.87. The first-order valence-corrected chi connectivity index (χ1v) is 6.31. The van der Waals surface area contributed by atoms with Gasteiger partial charge in [0.25, 0.3) is 5.91 Å². The zero-order valence-electron chi connectivity index (χ0n) is 11.3. The van der Waals surface area contributed by atoms with E-state index in [4.69, 9.17) is 10.5 Å². The van der Waals surface area contributed by atoms with Crippen molar-refractivity contribution in [3.63, 3.8) is 0 Å². The lowest BCUT2D eigenvalue weighted by molar-refractivity contribution is -0.118. The van der Waals surface area contributed by atoms with Crippen LogP contribution in [0.4, 0.5) is 5.69 Å². The van der Waals surface area contributed by atoms with Crippen molar-refractivity contribution >= 4 is 11.6 Å². The second-order valence-corrected chi connectivity index (χ2v) is 4.40. The number of aromatic nitrogens is 1. The standard InChI is InChI=1S/C15H17N3O2/c1-11-6-13(9-17-8-11)18-15(19)10-20-14-5-3-2-4-12(14)7-16/h2-6,8-9H,7,10,16H2,1H3,(H,18,19). The van der Waals surface area contributed by atoms with Gasteiger partial charge < -0.3 is 15.8 Å². The minimum Gasteiger partial charge on any atom is -0.483 e. The van der Waals surface area contributed by atoms with Crippen LogP contribution in [0, 0.1) is 6.92 Å². The van der Waals surface area contributed by atoms with E-state index in [1.54, 1.807) is 18.5 Å². The molecule has 0 aliphatic rings. The second-order valence-electron chi connectivity index (χ2n) is 4.40. The van der Waals surface area contributed by atoms with Gasteiger partial charge in [0.2, 0.25) is 0 Å². The number of benzene rings is 1. The molecule has 104 valence electrons. The van der Waals surface area contributed by atoms with Crippen molar-refractivity contribution < 1.29 is 9.53 Å². The van der Waals surface area contributed by atoms with Crippen molar-refractivity contribution in [2.24, 2.45) is 5.73 Å². The van der Waals surface area contributed by atoms with Gasteiger partial charge in [0.1, 0.15) is 5.75 Å². The van der Waals surface area contributed by atoms with Crippen molar-refractivity contribution in [1.82, 2.24) is 4.98 Å². The number of hydrogen-bond acceptors (Lipinski definition) is 4. The van der Waals surface area contributed by atoms with Crippen LogP contribution in [0.15, 0.2) is 42.7 Å². The van der Waals surface area contributed by atoms with Gasteiger partial charge in [-0.3, -0.25) is 9.78 Å². The molecule has 0 spiro atoms. The van der Waals surface area contributed by atoms with Crippen LogP contribution in [0.1, 0.15) is 11.1 Å². The maximum atomic E-state index is 11.8. The Hall–Kier alpha value is -2.40. The van der Waals surface area contributed by atoms with Crippen LogP contribution in [0.5, 0.6) is 5.75 Å². The van der Waals surface area contributed by atoms with Crippen molar-refractivity contribution in [1.29, 1.82) is 0 Å². The molecular formula is C15H17N3O2. The van der Waals surface area contributed by atoms with Crippen LogP contribution in [0.3, 0.4) is 0 Å². The number of carbonyl (C=O) groups is 1. The maximum absolute atomic E-state index is 11.8.